The molecule has 0 amide bonds. The van der Waals surface area contributed by atoms with Crippen molar-refractivity contribution in [3.63, 3.8) is 0 Å². The maximum atomic E-state index is 10.9. The average Bonchev–Trinajstić information content (AvgIpc) is 2.73. The first-order chi connectivity index (χ1) is 15.3. The predicted molar refractivity (Wildman–Crippen MR) is 138 cm³/mol. The normalized spacial score (nSPS) is 23.2. The van der Waals surface area contributed by atoms with Gasteiger partial charge in [-0.2, -0.15) is 0 Å². The maximum absolute atomic E-state index is 10.9. The van der Waals surface area contributed by atoms with Gasteiger partial charge in [0.25, 0.3) is 0 Å². The Balaban J connectivity index is 2.28. The monoisotopic (exact) mass is 462 g/mol. The zero-order valence-corrected chi connectivity index (χ0v) is 22.3. The third-order valence-electron chi connectivity index (χ3n) is 7.76. The fraction of sp³-hybridized carbons (Fsp3) is 0.759. The molecule has 0 fully saturated rings. The SMILES string of the molecule is CC1=C(C)C(C)C(O)C=C1CCC(C)CC/C=C(\C)CCCC(C)(O)CCCC(C)C(=O)O. The molecular weight excluding hydrogens is 412 g/mol. The summed E-state index contributed by atoms with van der Waals surface area (Å²) < 4.78 is 0. The first-order valence-electron chi connectivity index (χ1n) is 13.0. The number of hydrogen-bond acceptors (Lipinski definition) is 3. The van der Waals surface area contributed by atoms with Crippen LogP contribution < -0.4 is 0 Å². The van der Waals surface area contributed by atoms with Gasteiger partial charge in [-0.05, 0) is 109 Å². The van der Waals surface area contributed by atoms with Crippen molar-refractivity contribution in [1.29, 1.82) is 0 Å². The van der Waals surface area contributed by atoms with Crippen LogP contribution in [0.25, 0.3) is 0 Å². The summed E-state index contributed by atoms with van der Waals surface area (Å²) in [4.78, 5) is 10.9. The molecule has 190 valence electrons. The number of aliphatic hydroxyl groups is 2. The Morgan fingerprint density at radius 2 is 1.79 bits per heavy atom. The highest BCUT2D eigenvalue weighted by atomic mass is 16.4. The Morgan fingerprint density at radius 1 is 1.15 bits per heavy atom. The molecule has 5 unspecified atom stereocenters. The van der Waals surface area contributed by atoms with E-state index in [1.165, 1.54) is 28.7 Å². The molecule has 0 saturated carbocycles. The quantitative estimate of drug-likeness (QED) is 0.225. The Labute approximate surface area is 202 Å². The summed E-state index contributed by atoms with van der Waals surface area (Å²) in [5.74, 6) is -0.226. The fourth-order valence-electron chi connectivity index (χ4n) is 4.65. The van der Waals surface area contributed by atoms with Crippen molar-refractivity contribution >= 4 is 5.97 Å². The number of carboxylic acids is 1. The molecule has 0 bridgehead atoms. The minimum Gasteiger partial charge on any atom is -0.481 e. The molecule has 0 heterocycles. The van der Waals surface area contributed by atoms with Crippen LogP contribution in [0.15, 0.2) is 34.4 Å². The summed E-state index contributed by atoms with van der Waals surface area (Å²) in [6.45, 7) is 14.5. The third kappa shape index (κ3) is 11.1. The highest BCUT2D eigenvalue weighted by Gasteiger charge is 2.23. The maximum Gasteiger partial charge on any atom is 0.306 e. The van der Waals surface area contributed by atoms with Crippen molar-refractivity contribution in [3.8, 4) is 0 Å². The van der Waals surface area contributed by atoms with Gasteiger partial charge in [0.1, 0.15) is 0 Å². The second-order valence-electron chi connectivity index (χ2n) is 11.0. The molecule has 5 atom stereocenters. The van der Waals surface area contributed by atoms with E-state index in [-0.39, 0.29) is 17.9 Å². The number of aliphatic hydroxyl groups excluding tert-OH is 1. The van der Waals surface area contributed by atoms with Gasteiger partial charge in [-0.25, -0.2) is 0 Å². The lowest BCUT2D eigenvalue weighted by Gasteiger charge is -2.27. The van der Waals surface area contributed by atoms with Crippen molar-refractivity contribution in [2.45, 2.75) is 124 Å². The van der Waals surface area contributed by atoms with Gasteiger partial charge in [0.05, 0.1) is 17.6 Å². The lowest BCUT2D eigenvalue weighted by molar-refractivity contribution is -0.141. The van der Waals surface area contributed by atoms with Crippen LogP contribution in [0.4, 0.5) is 0 Å². The molecular formula is C29H50O4. The van der Waals surface area contributed by atoms with Crippen molar-refractivity contribution in [2.24, 2.45) is 17.8 Å². The minimum atomic E-state index is -0.758. The molecule has 4 nitrogen and oxygen atoms in total. The van der Waals surface area contributed by atoms with Crippen LogP contribution in [0.3, 0.4) is 0 Å². The van der Waals surface area contributed by atoms with Crippen LogP contribution >= 0.6 is 0 Å². The van der Waals surface area contributed by atoms with E-state index in [1.807, 2.05) is 6.92 Å². The van der Waals surface area contributed by atoms with E-state index in [9.17, 15) is 15.0 Å². The van der Waals surface area contributed by atoms with Crippen LogP contribution in [0, 0.1) is 17.8 Å². The first-order valence-corrected chi connectivity index (χ1v) is 13.0. The third-order valence-corrected chi connectivity index (χ3v) is 7.76. The molecule has 0 aliphatic heterocycles. The number of allylic oxidation sites excluding steroid dienone is 4. The number of rotatable bonds is 15. The Bertz CT molecular complexity index is 713. The van der Waals surface area contributed by atoms with Gasteiger partial charge >= 0.3 is 5.97 Å². The van der Waals surface area contributed by atoms with E-state index in [2.05, 4.69) is 46.8 Å². The molecule has 0 radical (unpaired) electrons. The minimum absolute atomic E-state index is 0.226. The van der Waals surface area contributed by atoms with Gasteiger partial charge < -0.3 is 15.3 Å². The van der Waals surface area contributed by atoms with Crippen LogP contribution in [0.1, 0.15) is 113 Å². The molecule has 1 aliphatic rings. The lowest BCUT2D eigenvalue weighted by Crippen LogP contribution is -2.24. The fourth-order valence-corrected chi connectivity index (χ4v) is 4.65. The molecule has 0 saturated heterocycles. The second-order valence-corrected chi connectivity index (χ2v) is 11.0. The van der Waals surface area contributed by atoms with Gasteiger partial charge in [0.2, 0.25) is 0 Å². The van der Waals surface area contributed by atoms with Crippen LogP contribution in [-0.4, -0.2) is 33.0 Å². The largest absolute Gasteiger partial charge is 0.481 e. The number of hydrogen-bond donors (Lipinski definition) is 3. The van der Waals surface area contributed by atoms with Crippen molar-refractivity contribution in [3.05, 3.63) is 34.4 Å². The van der Waals surface area contributed by atoms with Crippen molar-refractivity contribution < 1.29 is 20.1 Å². The number of aliphatic carboxylic acids is 1. The van der Waals surface area contributed by atoms with Crippen LogP contribution in [0.5, 0.6) is 0 Å². The number of carbonyl (C=O) groups is 1. The number of carboxylic acid groups (broad SMARTS) is 1. The van der Waals surface area contributed by atoms with Gasteiger partial charge in [0, 0.05) is 5.92 Å². The smallest absolute Gasteiger partial charge is 0.306 e. The highest BCUT2D eigenvalue weighted by molar-refractivity contribution is 5.69. The molecule has 0 aromatic carbocycles. The molecule has 0 spiro atoms. The Morgan fingerprint density at radius 3 is 2.42 bits per heavy atom. The topological polar surface area (TPSA) is 77.8 Å². The Kier molecular flexibility index (Phi) is 12.7. The van der Waals surface area contributed by atoms with Crippen molar-refractivity contribution in [2.75, 3.05) is 0 Å². The first kappa shape index (κ1) is 29.6. The average molecular weight is 463 g/mol. The van der Waals surface area contributed by atoms with E-state index in [0.29, 0.717) is 18.8 Å². The van der Waals surface area contributed by atoms with Gasteiger partial charge in [-0.1, -0.05) is 44.1 Å². The molecule has 0 aromatic heterocycles. The van der Waals surface area contributed by atoms with E-state index in [0.717, 1.165) is 44.9 Å². The second kappa shape index (κ2) is 14.1. The lowest BCUT2D eigenvalue weighted by atomic mass is 9.81. The molecule has 3 N–H and O–H groups in total. The highest BCUT2D eigenvalue weighted by Crippen LogP contribution is 2.33. The molecule has 0 aromatic rings. The molecule has 1 rings (SSSR count). The zero-order valence-electron chi connectivity index (χ0n) is 22.3. The summed E-state index contributed by atoms with van der Waals surface area (Å²) >= 11 is 0. The predicted octanol–water partition coefficient (Wildman–Crippen LogP) is 7.21. The van der Waals surface area contributed by atoms with Gasteiger partial charge in [-0.3, -0.25) is 4.79 Å². The summed E-state index contributed by atoms with van der Waals surface area (Å²) in [6, 6.07) is 0. The van der Waals surface area contributed by atoms with E-state index in [1.54, 1.807) is 6.92 Å². The molecule has 33 heavy (non-hydrogen) atoms. The van der Waals surface area contributed by atoms with Crippen LogP contribution in [0.2, 0.25) is 0 Å². The summed E-state index contributed by atoms with van der Waals surface area (Å²) in [5, 5.41) is 29.8. The molecule has 4 heteroatoms. The summed E-state index contributed by atoms with van der Waals surface area (Å²) in [5.41, 5.74) is 4.68. The van der Waals surface area contributed by atoms with Gasteiger partial charge in [0.15, 0.2) is 0 Å². The Hall–Kier alpha value is -1.39. The standard InChI is InChI=1S/C29H50O4/c1-20(13-9-17-29(7,33)18-10-14-22(3)28(31)32)11-8-12-21(2)15-16-26-19-27(30)25(6)23(4)24(26)5/h11,19,21-22,25,27,30,33H,8-10,12-18H2,1-7H3,(H,31,32)/b20-11+. The zero-order chi connectivity index (χ0) is 25.2. The van der Waals surface area contributed by atoms with Crippen molar-refractivity contribution in [1.82, 2.24) is 0 Å². The summed E-state index contributed by atoms with van der Waals surface area (Å²) in [6.07, 6.45) is 13.2. The van der Waals surface area contributed by atoms with E-state index >= 15 is 0 Å². The van der Waals surface area contributed by atoms with E-state index < -0.39 is 11.6 Å². The van der Waals surface area contributed by atoms with Gasteiger partial charge in [-0.15, -0.1) is 0 Å². The van der Waals surface area contributed by atoms with Crippen LogP contribution in [-0.2, 0) is 4.79 Å². The van der Waals surface area contributed by atoms with E-state index in [4.69, 9.17) is 5.11 Å². The molecule has 1 aliphatic carbocycles. The summed E-state index contributed by atoms with van der Waals surface area (Å²) in [7, 11) is 0.